The van der Waals surface area contributed by atoms with Crippen molar-refractivity contribution in [1.29, 1.82) is 0 Å². The van der Waals surface area contributed by atoms with Crippen molar-refractivity contribution in [2.75, 3.05) is 6.61 Å². The zero-order valence-corrected chi connectivity index (χ0v) is 8.75. The molecule has 0 unspecified atom stereocenters. The standard InChI is InChI=1S/C10H13BrO/c1-9(11)7-12-8-10-5-3-2-4-6-10/h2-6,9H,7-8H2,1H3/t9-/m0/s1. The average Bonchev–Trinajstić information content (AvgIpc) is 2.05. The second-order valence-electron chi connectivity index (χ2n) is 2.78. The van der Waals surface area contributed by atoms with E-state index < -0.39 is 0 Å². The van der Waals surface area contributed by atoms with Crippen molar-refractivity contribution >= 4 is 15.9 Å². The van der Waals surface area contributed by atoms with Crippen molar-refractivity contribution in [3.05, 3.63) is 35.9 Å². The van der Waals surface area contributed by atoms with Crippen LogP contribution in [-0.2, 0) is 11.3 Å². The Balaban J connectivity index is 2.25. The smallest absolute Gasteiger partial charge is 0.0717 e. The zero-order chi connectivity index (χ0) is 8.81. The number of alkyl halides is 1. The van der Waals surface area contributed by atoms with E-state index in [2.05, 4.69) is 35.0 Å². The lowest BCUT2D eigenvalue weighted by Crippen LogP contribution is -2.03. The SMILES string of the molecule is C[C@H](Br)COCc1ccccc1. The molecule has 0 bridgehead atoms. The highest BCUT2D eigenvalue weighted by molar-refractivity contribution is 9.09. The Labute approximate surface area is 81.9 Å². The molecule has 1 aromatic rings. The van der Waals surface area contributed by atoms with Gasteiger partial charge in [0.15, 0.2) is 0 Å². The minimum Gasteiger partial charge on any atom is -0.376 e. The fourth-order valence-electron chi connectivity index (χ4n) is 0.913. The van der Waals surface area contributed by atoms with Gasteiger partial charge in [0.25, 0.3) is 0 Å². The highest BCUT2D eigenvalue weighted by Gasteiger charge is 1.95. The molecule has 1 nitrogen and oxygen atoms in total. The van der Waals surface area contributed by atoms with Gasteiger partial charge >= 0.3 is 0 Å². The van der Waals surface area contributed by atoms with Gasteiger partial charge in [0.05, 0.1) is 13.2 Å². The van der Waals surface area contributed by atoms with E-state index >= 15 is 0 Å². The molecule has 0 amide bonds. The van der Waals surface area contributed by atoms with Gasteiger partial charge in [-0.2, -0.15) is 0 Å². The van der Waals surface area contributed by atoms with Crippen molar-refractivity contribution in [2.45, 2.75) is 18.4 Å². The summed E-state index contributed by atoms with van der Waals surface area (Å²) in [5, 5.41) is 0. The van der Waals surface area contributed by atoms with E-state index in [0.29, 0.717) is 11.4 Å². The van der Waals surface area contributed by atoms with Gasteiger partial charge in [0.1, 0.15) is 0 Å². The molecule has 0 radical (unpaired) electrons. The number of rotatable bonds is 4. The van der Waals surface area contributed by atoms with Gasteiger partial charge in [-0.3, -0.25) is 0 Å². The number of hydrogen-bond acceptors (Lipinski definition) is 1. The van der Waals surface area contributed by atoms with Crippen LogP contribution in [0.5, 0.6) is 0 Å². The summed E-state index contributed by atoms with van der Waals surface area (Å²) in [5.74, 6) is 0. The van der Waals surface area contributed by atoms with Crippen molar-refractivity contribution in [3.63, 3.8) is 0 Å². The Kier molecular flexibility index (Phi) is 4.33. The van der Waals surface area contributed by atoms with Crippen LogP contribution in [0.3, 0.4) is 0 Å². The predicted octanol–water partition coefficient (Wildman–Crippen LogP) is 2.99. The second-order valence-corrected chi connectivity index (χ2v) is 4.34. The highest BCUT2D eigenvalue weighted by atomic mass is 79.9. The molecule has 0 spiro atoms. The number of ether oxygens (including phenoxy) is 1. The Hall–Kier alpha value is -0.340. The molecule has 0 saturated heterocycles. The normalized spacial score (nSPS) is 12.8. The lowest BCUT2D eigenvalue weighted by atomic mass is 10.2. The van der Waals surface area contributed by atoms with Crippen LogP contribution in [0.2, 0.25) is 0 Å². The van der Waals surface area contributed by atoms with Gasteiger partial charge in [-0.1, -0.05) is 53.2 Å². The maximum absolute atomic E-state index is 5.43. The molecule has 66 valence electrons. The van der Waals surface area contributed by atoms with E-state index in [0.717, 1.165) is 6.61 Å². The summed E-state index contributed by atoms with van der Waals surface area (Å²) in [6, 6.07) is 10.2. The molecule has 0 saturated carbocycles. The Morgan fingerprint density at radius 3 is 2.58 bits per heavy atom. The van der Waals surface area contributed by atoms with Crippen LogP contribution in [0.4, 0.5) is 0 Å². The number of hydrogen-bond donors (Lipinski definition) is 0. The van der Waals surface area contributed by atoms with Gasteiger partial charge < -0.3 is 4.74 Å². The Bertz CT molecular complexity index is 208. The fraction of sp³-hybridized carbons (Fsp3) is 0.400. The number of halogens is 1. The van der Waals surface area contributed by atoms with Crippen molar-refractivity contribution in [2.24, 2.45) is 0 Å². The van der Waals surface area contributed by atoms with Gasteiger partial charge in [-0.15, -0.1) is 0 Å². The summed E-state index contributed by atoms with van der Waals surface area (Å²) < 4.78 is 5.43. The first-order valence-electron chi connectivity index (χ1n) is 4.05. The molecule has 0 N–H and O–H groups in total. The Morgan fingerprint density at radius 1 is 1.33 bits per heavy atom. The van der Waals surface area contributed by atoms with E-state index in [9.17, 15) is 0 Å². The van der Waals surface area contributed by atoms with E-state index in [1.165, 1.54) is 5.56 Å². The topological polar surface area (TPSA) is 9.23 Å². The molecular weight excluding hydrogens is 216 g/mol. The quantitative estimate of drug-likeness (QED) is 0.721. The van der Waals surface area contributed by atoms with E-state index in [1.807, 2.05) is 18.2 Å². The van der Waals surface area contributed by atoms with Gasteiger partial charge in [-0.05, 0) is 5.56 Å². The van der Waals surface area contributed by atoms with Crippen molar-refractivity contribution in [1.82, 2.24) is 0 Å². The van der Waals surface area contributed by atoms with E-state index in [1.54, 1.807) is 0 Å². The summed E-state index contributed by atoms with van der Waals surface area (Å²) in [6.07, 6.45) is 0. The molecule has 0 aliphatic carbocycles. The average molecular weight is 229 g/mol. The summed E-state index contributed by atoms with van der Waals surface area (Å²) in [7, 11) is 0. The molecule has 0 aromatic heterocycles. The zero-order valence-electron chi connectivity index (χ0n) is 7.16. The Morgan fingerprint density at radius 2 is 2.00 bits per heavy atom. The second kappa shape index (κ2) is 5.33. The van der Waals surface area contributed by atoms with Crippen LogP contribution < -0.4 is 0 Å². The minimum atomic E-state index is 0.432. The summed E-state index contributed by atoms with van der Waals surface area (Å²) in [6.45, 7) is 3.54. The molecule has 12 heavy (non-hydrogen) atoms. The van der Waals surface area contributed by atoms with E-state index in [4.69, 9.17) is 4.74 Å². The van der Waals surface area contributed by atoms with Crippen LogP contribution >= 0.6 is 15.9 Å². The first-order chi connectivity index (χ1) is 5.79. The summed E-state index contributed by atoms with van der Waals surface area (Å²) in [5.41, 5.74) is 1.23. The molecule has 1 aromatic carbocycles. The molecule has 1 atom stereocenters. The van der Waals surface area contributed by atoms with Crippen LogP contribution in [0.25, 0.3) is 0 Å². The van der Waals surface area contributed by atoms with Crippen LogP contribution in [0, 0.1) is 0 Å². The maximum atomic E-state index is 5.43. The van der Waals surface area contributed by atoms with Crippen molar-refractivity contribution in [3.8, 4) is 0 Å². The summed E-state index contributed by atoms with van der Waals surface area (Å²) >= 11 is 3.42. The van der Waals surface area contributed by atoms with Crippen LogP contribution in [-0.4, -0.2) is 11.4 Å². The van der Waals surface area contributed by atoms with Gasteiger partial charge in [0, 0.05) is 4.83 Å². The van der Waals surface area contributed by atoms with Gasteiger partial charge in [-0.25, -0.2) is 0 Å². The first-order valence-corrected chi connectivity index (χ1v) is 4.96. The monoisotopic (exact) mass is 228 g/mol. The molecular formula is C10H13BrO. The molecule has 0 fully saturated rings. The first kappa shape index (κ1) is 9.75. The van der Waals surface area contributed by atoms with Crippen molar-refractivity contribution < 1.29 is 4.74 Å². The lowest BCUT2D eigenvalue weighted by Gasteiger charge is -2.04. The fourth-order valence-corrected chi connectivity index (χ4v) is 1.10. The van der Waals surface area contributed by atoms with Crippen LogP contribution in [0.15, 0.2) is 30.3 Å². The molecule has 0 aliphatic rings. The van der Waals surface area contributed by atoms with Gasteiger partial charge in [0.2, 0.25) is 0 Å². The molecule has 0 heterocycles. The largest absolute Gasteiger partial charge is 0.376 e. The van der Waals surface area contributed by atoms with E-state index in [-0.39, 0.29) is 0 Å². The molecule has 0 aliphatic heterocycles. The number of benzene rings is 1. The predicted molar refractivity (Wildman–Crippen MR) is 54.5 cm³/mol. The third kappa shape index (κ3) is 3.88. The lowest BCUT2D eigenvalue weighted by molar-refractivity contribution is 0.125. The minimum absolute atomic E-state index is 0.432. The molecule has 1 rings (SSSR count). The maximum Gasteiger partial charge on any atom is 0.0717 e. The molecule has 2 heteroatoms. The highest BCUT2D eigenvalue weighted by Crippen LogP contribution is 2.03. The van der Waals surface area contributed by atoms with Crippen LogP contribution in [0.1, 0.15) is 12.5 Å². The summed E-state index contributed by atoms with van der Waals surface area (Å²) in [4.78, 5) is 0.432. The third-order valence-electron chi connectivity index (χ3n) is 1.46. The third-order valence-corrected chi connectivity index (χ3v) is 1.72.